The van der Waals surface area contributed by atoms with Gasteiger partial charge in [0.25, 0.3) is 5.91 Å². The molecule has 1 N–H and O–H groups in total. The molecule has 6 nitrogen and oxygen atoms in total. The third-order valence-electron chi connectivity index (χ3n) is 4.53. The Morgan fingerprint density at radius 1 is 1.19 bits per heavy atom. The van der Waals surface area contributed by atoms with Crippen molar-refractivity contribution in [2.45, 2.75) is 20.0 Å². The molecule has 0 radical (unpaired) electrons. The van der Waals surface area contributed by atoms with Gasteiger partial charge < -0.3 is 24.4 Å². The molecular formula is C21H26N2O4. The summed E-state index contributed by atoms with van der Waals surface area (Å²) in [5.41, 5.74) is 2.78. The van der Waals surface area contributed by atoms with E-state index in [2.05, 4.69) is 36.3 Å². The van der Waals surface area contributed by atoms with Crippen LogP contribution in [0.25, 0.3) is 0 Å². The third kappa shape index (κ3) is 4.71. The predicted octanol–water partition coefficient (Wildman–Crippen LogP) is 2.85. The van der Waals surface area contributed by atoms with Crippen LogP contribution < -0.4 is 19.5 Å². The highest BCUT2D eigenvalue weighted by molar-refractivity contribution is 5.95. The van der Waals surface area contributed by atoms with Crippen molar-refractivity contribution in [1.82, 2.24) is 10.2 Å². The Morgan fingerprint density at radius 2 is 1.96 bits per heavy atom. The lowest BCUT2D eigenvalue weighted by Gasteiger charge is -2.21. The summed E-state index contributed by atoms with van der Waals surface area (Å²) in [5.74, 6) is 1.41. The molecule has 1 amide bonds. The van der Waals surface area contributed by atoms with E-state index in [0.717, 1.165) is 18.7 Å². The maximum absolute atomic E-state index is 12.6. The first-order valence-corrected chi connectivity index (χ1v) is 9.13. The van der Waals surface area contributed by atoms with Crippen LogP contribution in [0.3, 0.4) is 0 Å². The Morgan fingerprint density at radius 3 is 2.74 bits per heavy atom. The minimum atomic E-state index is -0.179. The van der Waals surface area contributed by atoms with E-state index in [4.69, 9.17) is 14.2 Å². The summed E-state index contributed by atoms with van der Waals surface area (Å²) < 4.78 is 16.5. The third-order valence-corrected chi connectivity index (χ3v) is 4.53. The van der Waals surface area contributed by atoms with Gasteiger partial charge in [-0.15, -0.1) is 0 Å². The van der Waals surface area contributed by atoms with E-state index < -0.39 is 0 Å². The minimum absolute atomic E-state index is 0.179. The summed E-state index contributed by atoms with van der Waals surface area (Å²) in [4.78, 5) is 14.8. The van der Waals surface area contributed by atoms with Crippen LogP contribution in [0.5, 0.6) is 17.2 Å². The average Bonchev–Trinajstić information content (AvgIpc) is 2.71. The number of nitrogens with zero attached hydrogens (tertiary/aromatic N) is 1. The standard InChI is InChI=1S/C21H26N2O4/c1-4-23(2)14-16-7-5-6-15(10-16)13-22-21(24)17-11-18(25-3)20-19(12-17)26-8-9-27-20/h5-7,10-12H,4,8-9,13-14H2,1-3H3,(H,22,24). The van der Waals surface area contributed by atoms with Crippen LogP contribution in [-0.2, 0) is 13.1 Å². The van der Waals surface area contributed by atoms with Crippen LogP contribution >= 0.6 is 0 Å². The summed E-state index contributed by atoms with van der Waals surface area (Å²) >= 11 is 0. The molecule has 0 unspecified atom stereocenters. The van der Waals surface area contributed by atoms with Gasteiger partial charge in [-0.3, -0.25) is 4.79 Å². The quantitative estimate of drug-likeness (QED) is 0.812. The molecule has 2 aromatic carbocycles. The van der Waals surface area contributed by atoms with Gasteiger partial charge in [0.2, 0.25) is 5.75 Å². The van der Waals surface area contributed by atoms with Gasteiger partial charge in [0.15, 0.2) is 11.5 Å². The van der Waals surface area contributed by atoms with E-state index in [1.807, 2.05) is 12.1 Å². The van der Waals surface area contributed by atoms with E-state index >= 15 is 0 Å². The summed E-state index contributed by atoms with van der Waals surface area (Å²) in [5, 5.41) is 2.96. The van der Waals surface area contributed by atoms with Crippen molar-refractivity contribution in [3.05, 3.63) is 53.1 Å². The monoisotopic (exact) mass is 370 g/mol. The number of carbonyl (C=O) groups is 1. The second-order valence-electron chi connectivity index (χ2n) is 6.54. The molecule has 3 rings (SSSR count). The molecule has 0 bridgehead atoms. The van der Waals surface area contributed by atoms with Gasteiger partial charge in [-0.25, -0.2) is 0 Å². The molecular weight excluding hydrogens is 344 g/mol. The Hall–Kier alpha value is -2.73. The van der Waals surface area contributed by atoms with E-state index in [1.165, 1.54) is 5.56 Å². The average molecular weight is 370 g/mol. The first kappa shape index (κ1) is 19.0. The van der Waals surface area contributed by atoms with Crippen LogP contribution in [0.2, 0.25) is 0 Å². The number of methoxy groups -OCH3 is 1. The number of fused-ring (bicyclic) bond motifs is 1. The van der Waals surface area contributed by atoms with Crippen LogP contribution in [0.4, 0.5) is 0 Å². The van der Waals surface area contributed by atoms with E-state index in [1.54, 1.807) is 19.2 Å². The van der Waals surface area contributed by atoms with Gasteiger partial charge >= 0.3 is 0 Å². The van der Waals surface area contributed by atoms with Crippen LogP contribution in [-0.4, -0.2) is 44.7 Å². The fourth-order valence-electron chi connectivity index (χ4n) is 2.95. The SMILES string of the molecule is CCN(C)Cc1cccc(CNC(=O)c2cc(OC)c3c(c2)OCCO3)c1. The number of carbonyl (C=O) groups excluding carboxylic acids is 1. The summed E-state index contributed by atoms with van der Waals surface area (Å²) in [6.07, 6.45) is 0. The van der Waals surface area contributed by atoms with Crippen molar-refractivity contribution < 1.29 is 19.0 Å². The molecule has 0 aliphatic carbocycles. The molecule has 1 aliphatic heterocycles. The molecule has 0 saturated carbocycles. The molecule has 27 heavy (non-hydrogen) atoms. The smallest absolute Gasteiger partial charge is 0.251 e. The van der Waals surface area contributed by atoms with E-state index in [-0.39, 0.29) is 5.91 Å². The molecule has 0 aromatic heterocycles. The molecule has 1 heterocycles. The number of hydrogen-bond donors (Lipinski definition) is 1. The van der Waals surface area contributed by atoms with E-state index in [9.17, 15) is 4.79 Å². The Kier molecular flexibility index (Phi) is 6.19. The van der Waals surface area contributed by atoms with Gasteiger partial charge in [-0.1, -0.05) is 31.2 Å². The molecule has 144 valence electrons. The maximum Gasteiger partial charge on any atom is 0.251 e. The second-order valence-corrected chi connectivity index (χ2v) is 6.54. The van der Waals surface area contributed by atoms with Gasteiger partial charge in [0.1, 0.15) is 13.2 Å². The summed E-state index contributed by atoms with van der Waals surface area (Å²) in [6.45, 7) is 5.40. The number of hydrogen-bond acceptors (Lipinski definition) is 5. The molecule has 1 aliphatic rings. The lowest BCUT2D eigenvalue weighted by molar-refractivity contribution is 0.0949. The Balaban J connectivity index is 1.68. The fourth-order valence-corrected chi connectivity index (χ4v) is 2.95. The number of benzene rings is 2. The number of ether oxygens (including phenoxy) is 3. The Bertz CT molecular complexity index is 790. The zero-order valence-electron chi connectivity index (χ0n) is 16.1. The molecule has 2 aromatic rings. The Labute approximate surface area is 160 Å². The maximum atomic E-state index is 12.6. The highest BCUT2D eigenvalue weighted by Gasteiger charge is 2.20. The topological polar surface area (TPSA) is 60.0 Å². The van der Waals surface area contributed by atoms with Crippen LogP contribution in [0, 0.1) is 0 Å². The number of nitrogens with one attached hydrogen (secondary N) is 1. The lowest BCUT2D eigenvalue weighted by Crippen LogP contribution is -2.24. The van der Waals surface area contributed by atoms with Crippen molar-refractivity contribution in [2.24, 2.45) is 0 Å². The summed E-state index contributed by atoms with van der Waals surface area (Å²) in [6, 6.07) is 11.6. The highest BCUT2D eigenvalue weighted by Crippen LogP contribution is 2.40. The molecule has 0 atom stereocenters. The first-order chi connectivity index (χ1) is 13.1. The van der Waals surface area contributed by atoms with Crippen molar-refractivity contribution in [1.29, 1.82) is 0 Å². The molecule has 0 saturated heterocycles. The predicted molar refractivity (Wildman–Crippen MR) is 104 cm³/mol. The highest BCUT2D eigenvalue weighted by atomic mass is 16.6. The largest absolute Gasteiger partial charge is 0.493 e. The zero-order chi connectivity index (χ0) is 19.2. The van der Waals surface area contributed by atoms with Crippen molar-refractivity contribution >= 4 is 5.91 Å². The van der Waals surface area contributed by atoms with Gasteiger partial charge in [0.05, 0.1) is 7.11 Å². The first-order valence-electron chi connectivity index (χ1n) is 9.13. The van der Waals surface area contributed by atoms with Crippen LogP contribution in [0.15, 0.2) is 36.4 Å². The number of amides is 1. The van der Waals surface area contributed by atoms with Gasteiger partial charge in [-0.05, 0) is 36.9 Å². The van der Waals surface area contributed by atoms with Crippen molar-refractivity contribution in [2.75, 3.05) is 33.9 Å². The molecule has 6 heteroatoms. The molecule has 0 spiro atoms. The van der Waals surface area contributed by atoms with Crippen LogP contribution in [0.1, 0.15) is 28.4 Å². The van der Waals surface area contributed by atoms with E-state index in [0.29, 0.717) is 42.6 Å². The fraction of sp³-hybridized carbons (Fsp3) is 0.381. The second kappa shape index (κ2) is 8.77. The van der Waals surface area contributed by atoms with Gasteiger partial charge in [0, 0.05) is 18.7 Å². The zero-order valence-corrected chi connectivity index (χ0v) is 16.1. The number of rotatable bonds is 7. The normalized spacial score (nSPS) is 12.7. The van der Waals surface area contributed by atoms with Crippen molar-refractivity contribution in [3.63, 3.8) is 0 Å². The van der Waals surface area contributed by atoms with Gasteiger partial charge in [-0.2, -0.15) is 0 Å². The lowest BCUT2D eigenvalue weighted by atomic mass is 10.1. The minimum Gasteiger partial charge on any atom is -0.493 e. The summed E-state index contributed by atoms with van der Waals surface area (Å²) in [7, 11) is 3.64. The molecule has 0 fully saturated rings. The van der Waals surface area contributed by atoms with Crippen molar-refractivity contribution in [3.8, 4) is 17.2 Å².